The highest BCUT2D eigenvalue weighted by Crippen LogP contribution is 2.35. The monoisotopic (exact) mass is 368 g/mol. The zero-order chi connectivity index (χ0) is 19.0. The molecule has 0 bridgehead atoms. The van der Waals surface area contributed by atoms with Crippen LogP contribution in [-0.2, 0) is 16.1 Å². The lowest BCUT2D eigenvalue weighted by atomic mass is 9.73. The van der Waals surface area contributed by atoms with Crippen molar-refractivity contribution in [3.63, 3.8) is 0 Å². The van der Waals surface area contributed by atoms with Crippen LogP contribution in [0, 0.1) is 21.9 Å². The summed E-state index contributed by atoms with van der Waals surface area (Å²) in [6.45, 7) is 11.5. The molecule has 5 nitrogen and oxygen atoms in total. The Hall–Kier alpha value is -1.43. The lowest BCUT2D eigenvalue weighted by molar-refractivity contribution is -0.159. The summed E-state index contributed by atoms with van der Waals surface area (Å²) in [5.74, 6) is 0.609. The van der Waals surface area contributed by atoms with Crippen LogP contribution in [0.15, 0.2) is 17.1 Å². The molecule has 0 aromatic carbocycles. The number of rotatable bonds is 10. The Bertz CT molecular complexity index is 663. The number of nitrogens with zero attached hydrogens (tertiary/aromatic N) is 1. The first-order valence-electron chi connectivity index (χ1n) is 9.14. The first kappa shape index (κ1) is 21.6. The van der Waals surface area contributed by atoms with Gasteiger partial charge in [-0.2, -0.15) is 0 Å². The molecule has 0 saturated carbocycles. The summed E-state index contributed by atoms with van der Waals surface area (Å²) in [6, 6.07) is 1.71. The molecule has 6 heteroatoms. The quantitative estimate of drug-likeness (QED) is 0.379. The second kappa shape index (κ2) is 9.90. The molecule has 1 aromatic rings. The van der Waals surface area contributed by atoms with E-state index < -0.39 is 5.41 Å². The van der Waals surface area contributed by atoms with Crippen molar-refractivity contribution in [2.45, 2.75) is 66.8 Å². The van der Waals surface area contributed by atoms with Gasteiger partial charge in [0.05, 0.1) is 12.0 Å². The van der Waals surface area contributed by atoms with Crippen molar-refractivity contribution in [1.29, 1.82) is 0 Å². The third-order valence-corrected chi connectivity index (χ3v) is 4.98. The van der Waals surface area contributed by atoms with Crippen LogP contribution in [0.25, 0.3) is 0 Å². The van der Waals surface area contributed by atoms with Gasteiger partial charge in [-0.25, -0.2) is 4.79 Å². The summed E-state index contributed by atoms with van der Waals surface area (Å²) < 4.78 is 7.59. The third kappa shape index (κ3) is 6.77. The highest BCUT2D eigenvalue weighted by Gasteiger charge is 2.38. The van der Waals surface area contributed by atoms with Crippen molar-refractivity contribution >= 4 is 18.2 Å². The van der Waals surface area contributed by atoms with E-state index in [1.54, 1.807) is 16.8 Å². The molecule has 25 heavy (non-hydrogen) atoms. The van der Waals surface area contributed by atoms with Crippen molar-refractivity contribution in [2.24, 2.45) is 17.3 Å². The predicted molar refractivity (Wildman–Crippen MR) is 103 cm³/mol. The number of aryl methyl sites for hydroxylation is 1. The van der Waals surface area contributed by atoms with Crippen molar-refractivity contribution in [3.8, 4) is 0 Å². The number of aromatic amines is 1. The molecule has 0 aliphatic heterocycles. The van der Waals surface area contributed by atoms with E-state index in [1.165, 1.54) is 0 Å². The fraction of sp³-hybridized carbons (Fsp3) is 0.737. The number of aromatic nitrogens is 2. The standard InChI is InChI=1S/C19H32N2O3S/c1-14(2)13-19(5,15(3)4)17(22)24-12-8-6-7-10-21-11-9-16(25)20-18(21)23/h9,11,14-15H,6-8,10,12-13H2,1-5H3,(H,20,23,25). The van der Waals surface area contributed by atoms with Crippen LogP contribution >= 0.6 is 12.2 Å². The maximum Gasteiger partial charge on any atom is 0.326 e. The molecule has 142 valence electrons. The van der Waals surface area contributed by atoms with Crippen LogP contribution in [-0.4, -0.2) is 22.1 Å². The molecule has 0 fully saturated rings. The number of nitrogens with one attached hydrogen (secondary N) is 1. The fourth-order valence-electron chi connectivity index (χ4n) is 2.91. The first-order chi connectivity index (χ1) is 11.7. The molecule has 0 aliphatic carbocycles. The zero-order valence-electron chi connectivity index (χ0n) is 16.1. The van der Waals surface area contributed by atoms with E-state index in [-0.39, 0.29) is 17.6 Å². The number of ether oxygens (including phenoxy) is 1. The maximum atomic E-state index is 12.5. The Morgan fingerprint density at radius 1 is 1.28 bits per heavy atom. The maximum absolute atomic E-state index is 12.5. The Morgan fingerprint density at radius 2 is 1.96 bits per heavy atom. The van der Waals surface area contributed by atoms with E-state index in [9.17, 15) is 9.59 Å². The number of esters is 1. The minimum absolute atomic E-state index is 0.0944. The first-order valence-corrected chi connectivity index (χ1v) is 9.54. The van der Waals surface area contributed by atoms with Gasteiger partial charge in [0.25, 0.3) is 0 Å². The number of H-pyrrole nitrogens is 1. The van der Waals surface area contributed by atoms with Crippen LogP contribution in [0.1, 0.15) is 60.3 Å². The Balaban J connectivity index is 2.35. The number of carbonyl (C=O) groups is 1. The Labute approximate surface area is 155 Å². The van der Waals surface area contributed by atoms with Crippen molar-refractivity contribution in [3.05, 3.63) is 27.4 Å². The molecule has 0 spiro atoms. The summed E-state index contributed by atoms with van der Waals surface area (Å²) in [4.78, 5) is 26.8. The van der Waals surface area contributed by atoms with Crippen molar-refractivity contribution < 1.29 is 9.53 Å². The topological polar surface area (TPSA) is 64.1 Å². The SMILES string of the molecule is CC(C)CC(C)(C(=O)OCCCCCn1ccc(=S)[nH]c1=O)C(C)C. The van der Waals surface area contributed by atoms with E-state index in [0.29, 0.717) is 23.7 Å². The van der Waals surface area contributed by atoms with Crippen LogP contribution in [0.5, 0.6) is 0 Å². The van der Waals surface area contributed by atoms with Gasteiger partial charge in [0.2, 0.25) is 0 Å². The molecular formula is C19H32N2O3S. The second-order valence-electron chi connectivity index (χ2n) is 7.67. The van der Waals surface area contributed by atoms with Crippen LogP contribution < -0.4 is 5.69 Å². The fourth-order valence-corrected chi connectivity index (χ4v) is 3.06. The van der Waals surface area contributed by atoms with E-state index in [4.69, 9.17) is 17.0 Å². The summed E-state index contributed by atoms with van der Waals surface area (Å²) >= 11 is 4.91. The Morgan fingerprint density at radius 3 is 2.52 bits per heavy atom. The van der Waals surface area contributed by atoms with Gasteiger partial charge in [-0.1, -0.05) is 39.9 Å². The molecule has 0 aliphatic rings. The molecule has 1 aromatic heterocycles. The summed E-state index contributed by atoms with van der Waals surface area (Å²) in [7, 11) is 0. The average Bonchev–Trinajstić information content (AvgIpc) is 2.51. The van der Waals surface area contributed by atoms with Gasteiger partial charge in [-0.15, -0.1) is 0 Å². The van der Waals surface area contributed by atoms with Gasteiger partial charge in [-0.3, -0.25) is 9.78 Å². The van der Waals surface area contributed by atoms with Gasteiger partial charge in [0, 0.05) is 12.7 Å². The van der Waals surface area contributed by atoms with E-state index in [2.05, 4.69) is 32.7 Å². The van der Waals surface area contributed by atoms with E-state index in [1.807, 2.05) is 6.92 Å². The molecular weight excluding hydrogens is 336 g/mol. The molecule has 1 heterocycles. The number of hydrogen-bond acceptors (Lipinski definition) is 4. The molecule has 0 amide bonds. The molecule has 1 unspecified atom stereocenters. The van der Waals surface area contributed by atoms with E-state index in [0.717, 1.165) is 25.7 Å². The summed E-state index contributed by atoms with van der Waals surface area (Å²) in [5.41, 5.74) is -0.608. The van der Waals surface area contributed by atoms with Crippen LogP contribution in [0.4, 0.5) is 0 Å². The van der Waals surface area contributed by atoms with Gasteiger partial charge >= 0.3 is 11.7 Å². The lowest BCUT2D eigenvalue weighted by Crippen LogP contribution is -2.36. The van der Waals surface area contributed by atoms with Crippen molar-refractivity contribution in [2.75, 3.05) is 6.61 Å². The molecule has 1 rings (SSSR count). The van der Waals surface area contributed by atoms with Gasteiger partial charge < -0.3 is 9.30 Å². The number of hydrogen-bond donors (Lipinski definition) is 1. The summed E-state index contributed by atoms with van der Waals surface area (Å²) in [6.07, 6.45) is 5.11. The van der Waals surface area contributed by atoms with Crippen LogP contribution in [0.3, 0.4) is 0 Å². The largest absolute Gasteiger partial charge is 0.465 e. The third-order valence-electron chi connectivity index (χ3n) is 4.75. The molecule has 0 radical (unpaired) electrons. The van der Waals surface area contributed by atoms with Gasteiger partial charge in [-0.05, 0) is 50.5 Å². The Kier molecular flexibility index (Phi) is 8.56. The zero-order valence-corrected chi connectivity index (χ0v) is 16.9. The summed E-state index contributed by atoms with van der Waals surface area (Å²) in [5, 5.41) is 0. The van der Waals surface area contributed by atoms with Crippen LogP contribution in [0.2, 0.25) is 0 Å². The van der Waals surface area contributed by atoms with E-state index >= 15 is 0 Å². The van der Waals surface area contributed by atoms with Crippen molar-refractivity contribution in [1.82, 2.24) is 9.55 Å². The highest BCUT2D eigenvalue weighted by molar-refractivity contribution is 7.71. The second-order valence-corrected chi connectivity index (χ2v) is 8.11. The minimum Gasteiger partial charge on any atom is -0.465 e. The highest BCUT2D eigenvalue weighted by atomic mass is 32.1. The van der Waals surface area contributed by atoms with Gasteiger partial charge in [0.1, 0.15) is 4.64 Å². The normalized spacial score (nSPS) is 13.9. The average molecular weight is 369 g/mol. The number of unbranched alkanes of at least 4 members (excludes halogenated alkanes) is 2. The van der Waals surface area contributed by atoms with Gasteiger partial charge in [0.15, 0.2) is 0 Å². The molecule has 1 N–H and O–H groups in total. The minimum atomic E-state index is -0.427. The predicted octanol–water partition coefficient (Wildman–Crippen LogP) is 4.33. The number of carbonyl (C=O) groups excluding carboxylic acids is 1. The molecule has 0 saturated heterocycles. The smallest absolute Gasteiger partial charge is 0.326 e. The molecule has 1 atom stereocenters. The lowest BCUT2D eigenvalue weighted by Gasteiger charge is -2.32.